The van der Waals surface area contributed by atoms with Crippen molar-refractivity contribution in [2.75, 3.05) is 26.2 Å². The van der Waals surface area contributed by atoms with Crippen LogP contribution in [0.4, 0.5) is 0 Å². The Morgan fingerprint density at radius 2 is 2.04 bits per heavy atom. The zero-order valence-electron chi connectivity index (χ0n) is 16.9. The predicted octanol–water partition coefficient (Wildman–Crippen LogP) is 3.42. The number of benzene rings is 1. The monoisotopic (exact) mass is 371 g/mol. The second-order valence-electron chi connectivity index (χ2n) is 9.80. The fraction of sp³-hybridized carbons (Fsp3) is 0.696. The van der Waals surface area contributed by atoms with E-state index in [1.54, 1.807) is 0 Å². The first-order valence-corrected chi connectivity index (χ1v) is 10.5. The quantitative estimate of drug-likeness (QED) is 0.779. The third kappa shape index (κ3) is 3.48. The number of Topliss-reactive ketones (excluding diaryl/α,β-unsaturated/α-hetero) is 1. The van der Waals surface area contributed by atoms with Crippen molar-refractivity contribution in [3.05, 3.63) is 35.4 Å². The summed E-state index contributed by atoms with van der Waals surface area (Å²) in [7, 11) is 0. The summed E-state index contributed by atoms with van der Waals surface area (Å²) in [6.07, 6.45) is 3.98. The van der Waals surface area contributed by atoms with Gasteiger partial charge in [-0.25, -0.2) is 0 Å². The first-order chi connectivity index (χ1) is 12.8. The molecule has 4 nitrogen and oxygen atoms in total. The molecule has 0 radical (unpaired) electrons. The summed E-state index contributed by atoms with van der Waals surface area (Å²) in [5.74, 6) is 1.02. The highest BCUT2D eigenvalue weighted by molar-refractivity contribution is 5.96. The van der Waals surface area contributed by atoms with Crippen molar-refractivity contribution in [2.45, 2.75) is 63.6 Å². The Balaban J connectivity index is 1.28. The second kappa shape index (κ2) is 6.98. The number of nitrogens with zero attached hydrogens (tertiary/aromatic N) is 1. The second-order valence-corrected chi connectivity index (χ2v) is 9.80. The highest BCUT2D eigenvalue weighted by Gasteiger charge is 2.62. The van der Waals surface area contributed by atoms with E-state index in [0.717, 1.165) is 44.5 Å². The molecule has 4 rings (SSSR count). The predicted molar refractivity (Wildman–Crippen MR) is 106 cm³/mol. The summed E-state index contributed by atoms with van der Waals surface area (Å²) in [4.78, 5) is 15.0. The van der Waals surface area contributed by atoms with Crippen LogP contribution in [0.5, 0.6) is 0 Å². The summed E-state index contributed by atoms with van der Waals surface area (Å²) in [5.41, 5.74) is 2.19. The molecule has 0 aromatic heterocycles. The van der Waals surface area contributed by atoms with Gasteiger partial charge in [-0.1, -0.05) is 45.0 Å². The van der Waals surface area contributed by atoms with E-state index in [9.17, 15) is 9.90 Å². The van der Waals surface area contributed by atoms with Gasteiger partial charge in [-0.2, -0.15) is 0 Å². The largest absolute Gasteiger partial charge is 0.396 e. The highest BCUT2D eigenvalue weighted by atomic mass is 16.5. The minimum absolute atomic E-state index is 0.00907. The standard InChI is InChI=1S/C23H33NO3/c1-22(2,3)17-8-6-16(7-9-17)20(26)5-4-12-24-13-19-18(14-25)21-10-11-23(19,15-24)27-21/h6-9,18-19,21,25H,4-5,10-15H2,1-3H3/t18-,19+,21+,23+/m0/s1. The lowest BCUT2D eigenvalue weighted by Crippen LogP contribution is -2.37. The maximum atomic E-state index is 12.5. The van der Waals surface area contributed by atoms with Crippen LogP contribution in [0, 0.1) is 11.8 Å². The third-order valence-electron chi connectivity index (χ3n) is 7.02. The van der Waals surface area contributed by atoms with E-state index < -0.39 is 0 Å². The van der Waals surface area contributed by atoms with Crippen LogP contribution in [0.15, 0.2) is 24.3 Å². The lowest BCUT2D eigenvalue weighted by atomic mass is 9.74. The summed E-state index contributed by atoms with van der Waals surface area (Å²) in [6, 6.07) is 8.11. The van der Waals surface area contributed by atoms with Crippen LogP contribution in [-0.2, 0) is 10.2 Å². The van der Waals surface area contributed by atoms with Crippen molar-refractivity contribution < 1.29 is 14.6 Å². The minimum Gasteiger partial charge on any atom is -0.396 e. The van der Waals surface area contributed by atoms with E-state index in [0.29, 0.717) is 18.3 Å². The highest BCUT2D eigenvalue weighted by Crippen LogP contribution is 2.54. The SMILES string of the molecule is CC(C)(C)c1ccc(C(=O)CCCN2C[C@@H]3[C@H](CO)[C@H]4CC[C@]3(C2)O4)cc1. The van der Waals surface area contributed by atoms with Crippen LogP contribution in [0.1, 0.15) is 62.4 Å². The maximum absolute atomic E-state index is 12.5. The van der Waals surface area contributed by atoms with Crippen LogP contribution >= 0.6 is 0 Å². The molecule has 3 fully saturated rings. The zero-order chi connectivity index (χ0) is 19.2. The topological polar surface area (TPSA) is 49.8 Å². The number of ether oxygens (including phenoxy) is 1. The number of carbonyl (C=O) groups excluding carboxylic acids is 1. The Bertz CT molecular complexity index is 693. The number of carbonyl (C=O) groups is 1. The number of hydrogen-bond donors (Lipinski definition) is 1. The van der Waals surface area contributed by atoms with E-state index in [1.807, 2.05) is 12.1 Å². The zero-order valence-corrected chi connectivity index (χ0v) is 16.9. The van der Waals surface area contributed by atoms with E-state index in [-0.39, 0.29) is 29.5 Å². The van der Waals surface area contributed by atoms with E-state index in [2.05, 4.69) is 37.8 Å². The van der Waals surface area contributed by atoms with Gasteiger partial charge in [0.1, 0.15) is 0 Å². The average molecular weight is 372 g/mol. The van der Waals surface area contributed by atoms with Gasteiger partial charge < -0.3 is 14.7 Å². The van der Waals surface area contributed by atoms with Gasteiger partial charge in [0.05, 0.1) is 11.7 Å². The number of hydrogen-bond acceptors (Lipinski definition) is 4. The number of fused-ring (bicyclic) bond motifs is 1. The van der Waals surface area contributed by atoms with Gasteiger partial charge in [0.25, 0.3) is 0 Å². The normalized spacial score (nSPS) is 32.8. The molecule has 27 heavy (non-hydrogen) atoms. The smallest absolute Gasteiger partial charge is 0.162 e. The molecule has 1 aromatic rings. The van der Waals surface area contributed by atoms with E-state index in [4.69, 9.17) is 4.74 Å². The Labute approximate surface area is 162 Å². The molecule has 3 aliphatic heterocycles. The molecule has 0 amide bonds. The molecule has 1 N–H and O–H groups in total. The fourth-order valence-electron chi connectivity index (χ4n) is 5.46. The Kier molecular flexibility index (Phi) is 4.94. The van der Waals surface area contributed by atoms with Gasteiger partial charge in [-0.15, -0.1) is 0 Å². The van der Waals surface area contributed by atoms with Gasteiger partial charge in [0.2, 0.25) is 0 Å². The van der Waals surface area contributed by atoms with Crippen molar-refractivity contribution in [3.63, 3.8) is 0 Å². The molecule has 1 spiro atoms. The molecule has 0 aliphatic carbocycles. The van der Waals surface area contributed by atoms with Gasteiger partial charge >= 0.3 is 0 Å². The number of rotatable bonds is 6. The summed E-state index contributed by atoms with van der Waals surface area (Å²) in [5, 5.41) is 9.72. The fourth-order valence-corrected chi connectivity index (χ4v) is 5.46. The van der Waals surface area contributed by atoms with Crippen molar-refractivity contribution in [1.82, 2.24) is 4.90 Å². The number of likely N-dealkylation sites (tertiary alicyclic amines) is 1. The summed E-state index contributed by atoms with van der Waals surface area (Å²) >= 11 is 0. The number of aliphatic hydroxyl groups is 1. The maximum Gasteiger partial charge on any atom is 0.162 e. The van der Waals surface area contributed by atoms with Crippen LogP contribution in [-0.4, -0.2) is 53.7 Å². The molecule has 4 atom stereocenters. The molecule has 4 heteroatoms. The van der Waals surface area contributed by atoms with Crippen molar-refractivity contribution in [3.8, 4) is 0 Å². The molecular formula is C23H33NO3. The van der Waals surface area contributed by atoms with E-state index in [1.165, 1.54) is 5.56 Å². The van der Waals surface area contributed by atoms with Crippen molar-refractivity contribution in [2.24, 2.45) is 11.8 Å². The van der Waals surface area contributed by atoms with Crippen molar-refractivity contribution in [1.29, 1.82) is 0 Å². The summed E-state index contributed by atoms with van der Waals surface area (Å²) in [6.45, 7) is 9.73. The van der Waals surface area contributed by atoms with Crippen molar-refractivity contribution >= 4 is 5.78 Å². The van der Waals surface area contributed by atoms with Gasteiger partial charge in [0.15, 0.2) is 5.78 Å². The Morgan fingerprint density at radius 1 is 1.30 bits per heavy atom. The lowest BCUT2D eigenvalue weighted by Gasteiger charge is -2.28. The number of ketones is 1. The van der Waals surface area contributed by atoms with E-state index >= 15 is 0 Å². The van der Waals surface area contributed by atoms with Crippen LogP contribution in [0.2, 0.25) is 0 Å². The van der Waals surface area contributed by atoms with Gasteiger partial charge in [-0.3, -0.25) is 4.79 Å². The molecule has 0 saturated carbocycles. The van der Waals surface area contributed by atoms with Crippen LogP contribution in [0.3, 0.4) is 0 Å². The molecule has 148 valence electrons. The summed E-state index contributed by atoms with van der Waals surface area (Å²) < 4.78 is 6.28. The first-order valence-electron chi connectivity index (χ1n) is 10.5. The molecule has 3 aliphatic rings. The van der Waals surface area contributed by atoms with Crippen LogP contribution < -0.4 is 0 Å². The molecule has 0 unspecified atom stereocenters. The first kappa shape index (κ1) is 19.1. The third-order valence-corrected chi connectivity index (χ3v) is 7.02. The van der Waals surface area contributed by atoms with Gasteiger partial charge in [0, 0.05) is 43.5 Å². The molecule has 3 heterocycles. The Morgan fingerprint density at radius 3 is 2.70 bits per heavy atom. The van der Waals surface area contributed by atoms with Crippen LogP contribution in [0.25, 0.3) is 0 Å². The molecule has 1 aromatic carbocycles. The Hall–Kier alpha value is -1.23. The molecule has 2 bridgehead atoms. The lowest BCUT2D eigenvalue weighted by molar-refractivity contribution is 0.000987. The minimum atomic E-state index is -0.00907. The number of aliphatic hydroxyl groups excluding tert-OH is 1. The van der Waals surface area contributed by atoms with Gasteiger partial charge in [-0.05, 0) is 36.8 Å². The average Bonchev–Trinajstić information content (AvgIpc) is 3.28. The molecule has 3 saturated heterocycles. The molecular weight excluding hydrogens is 338 g/mol.